The maximum atomic E-state index is 13.3. The van der Waals surface area contributed by atoms with Crippen molar-refractivity contribution in [2.45, 2.75) is 24.9 Å². The number of hydrogen-bond donors (Lipinski definition) is 2. The van der Waals surface area contributed by atoms with E-state index in [9.17, 15) is 19.2 Å². The van der Waals surface area contributed by atoms with E-state index in [1.807, 2.05) is 6.07 Å². The Morgan fingerprint density at radius 3 is 2.35 bits per heavy atom. The fourth-order valence-corrected chi connectivity index (χ4v) is 4.23. The van der Waals surface area contributed by atoms with Crippen molar-refractivity contribution in [2.24, 2.45) is 0 Å². The zero-order chi connectivity index (χ0) is 24.1. The molecule has 34 heavy (non-hydrogen) atoms. The molecule has 0 aromatic heterocycles. The third kappa shape index (κ3) is 4.91. The summed E-state index contributed by atoms with van der Waals surface area (Å²) in [6.07, 6.45) is 1.27. The highest BCUT2D eigenvalue weighted by atomic mass is 16.2. The Balaban J connectivity index is 1.56. The Morgan fingerprint density at radius 1 is 0.971 bits per heavy atom. The van der Waals surface area contributed by atoms with E-state index in [0.717, 1.165) is 6.42 Å². The van der Waals surface area contributed by atoms with E-state index in [-0.39, 0.29) is 37.4 Å². The molecule has 9 heteroatoms. The smallest absolute Gasteiger partial charge is 0.254 e. The topological polar surface area (TPSA) is 123 Å². The molecule has 4 amide bonds. The number of benzene rings is 2. The van der Waals surface area contributed by atoms with E-state index < -0.39 is 18.0 Å². The lowest BCUT2D eigenvalue weighted by atomic mass is 10.0. The van der Waals surface area contributed by atoms with Crippen LogP contribution in [-0.4, -0.2) is 71.7 Å². The number of carbonyl (C=O) groups is 4. The van der Waals surface area contributed by atoms with E-state index in [1.165, 1.54) is 9.80 Å². The number of nitrogens with one attached hydrogen (secondary N) is 2. The molecule has 0 aliphatic carbocycles. The van der Waals surface area contributed by atoms with E-state index in [0.29, 0.717) is 29.7 Å². The number of nitriles is 1. The highest BCUT2D eigenvalue weighted by Crippen LogP contribution is 2.18. The van der Waals surface area contributed by atoms with Crippen LogP contribution in [0.3, 0.4) is 0 Å². The van der Waals surface area contributed by atoms with Gasteiger partial charge >= 0.3 is 0 Å². The van der Waals surface area contributed by atoms with Crippen molar-refractivity contribution >= 4 is 23.6 Å². The Labute approximate surface area is 197 Å². The summed E-state index contributed by atoms with van der Waals surface area (Å²) in [7, 11) is 0. The molecule has 0 radical (unpaired) electrons. The molecule has 2 unspecified atom stereocenters. The van der Waals surface area contributed by atoms with Crippen molar-refractivity contribution in [3.05, 3.63) is 71.3 Å². The molecule has 2 saturated heterocycles. The first-order valence-electron chi connectivity index (χ1n) is 11.2. The van der Waals surface area contributed by atoms with Gasteiger partial charge in [-0.05, 0) is 49.2 Å². The van der Waals surface area contributed by atoms with Gasteiger partial charge in [-0.25, -0.2) is 0 Å². The lowest BCUT2D eigenvalue weighted by Gasteiger charge is -2.41. The van der Waals surface area contributed by atoms with Gasteiger partial charge in [0.15, 0.2) is 0 Å². The van der Waals surface area contributed by atoms with Crippen LogP contribution in [0.2, 0.25) is 0 Å². The summed E-state index contributed by atoms with van der Waals surface area (Å²) in [6.45, 7) is 0.994. The standard InChI is InChI=1S/C25H25N5O4/c26-15-17-8-10-19(11-9-17)24(33)29-13-14-30(25(34)18-5-2-1-3-6-18)21(16-29)23(32)28-20-7-4-12-27-22(20)31/h1-3,5-6,8-11,20-21H,4,7,12-14,16H2,(H,27,31)(H,28,32). The number of rotatable bonds is 4. The molecule has 2 aliphatic heterocycles. The molecular weight excluding hydrogens is 434 g/mol. The highest BCUT2D eigenvalue weighted by Gasteiger charge is 2.39. The highest BCUT2D eigenvalue weighted by molar-refractivity contribution is 6.00. The molecule has 2 aromatic carbocycles. The second-order valence-electron chi connectivity index (χ2n) is 8.32. The minimum absolute atomic E-state index is 0.00240. The summed E-state index contributed by atoms with van der Waals surface area (Å²) in [4.78, 5) is 54.8. The SMILES string of the molecule is N#Cc1ccc(C(=O)N2CCN(C(=O)c3ccccc3)C(C(=O)NC3CCCNC3=O)C2)cc1. The molecular formula is C25H25N5O4. The van der Waals surface area contributed by atoms with Crippen LogP contribution in [0.5, 0.6) is 0 Å². The predicted molar refractivity (Wildman–Crippen MR) is 123 cm³/mol. The number of hydrogen-bond acceptors (Lipinski definition) is 5. The van der Waals surface area contributed by atoms with Crippen LogP contribution in [-0.2, 0) is 9.59 Å². The van der Waals surface area contributed by atoms with Crippen LogP contribution in [0.1, 0.15) is 39.1 Å². The minimum atomic E-state index is -0.946. The molecule has 2 aliphatic rings. The Kier molecular flexibility index (Phi) is 6.87. The van der Waals surface area contributed by atoms with Crippen LogP contribution in [0, 0.1) is 11.3 Å². The summed E-state index contributed by atoms with van der Waals surface area (Å²) in [5, 5.41) is 14.5. The van der Waals surface area contributed by atoms with Crippen molar-refractivity contribution in [1.82, 2.24) is 20.4 Å². The molecule has 174 valence electrons. The normalized spacial score (nSPS) is 20.1. The predicted octanol–water partition coefficient (Wildman–Crippen LogP) is 0.920. The van der Waals surface area contributed by atoms with Gasteiger partial charge in [0, 0.05) is 30.8 Å². The van der Waals surface area contributed by atoms with Crippen molar-refractivity contribution in [3.63, 3.8) is 0 Å². The molecule has 9 nitrogen and oxygen atoms in total. The van der Waals surface area contributed by atoms with E-state index in [1.54, 1.807) is 54.6 Å². The van der Waals surface area contributed by atoms with E-state index in [4.69, 9.17) is 5.26 Å². The van der Waals surface area contributed by atoms with Gasteiger partial charge < -0.3 is 20.4 Å². The molecule has 0 saturated carbocycles. The molecule has 4 rings (SSSR count). The van der Waals surface area contributed by atoms with E-state index in [2.05, 4.69) is 10.6 Å². The second kappa shape index (κ2) is 10.2. The Hall–Kier alpha value is -4.19. The molecule has 0 bridgehead atoms. The first-order chi connectivity index (χ1) is 16.5. The van der Waals surface area contributed by atoms with Gasteiger partial charge in [-0.2, -0.15) is 5.26 Å². The number of nitrogens with zero attached hydrogens (tertiary/aromatic N) is 3. The Morgan fingerprint density at radius 2 is 1.68 bits per heavy atom. The lowest BCUT2D eigenvalue weighted by molar-refractivity contribution is -0.133. The van der Waals surface area contributed by atoms with Crippen molar-refractivity contribution in [1.29, 1.82) is 5.26 Å². The monoisotopic (exact) mass is 459 g/mol. The fraction of sp³-hybridized carbons (Fsp3) is 0.320. The van der Waals surface area contributed by atoms with Crippen molar-refractivity contribution in [3.8, 4) is 6.07 Å². The number of piperidine rings is 1. The number of piperazine rings is 1. The van der Waals surface area contributed by atoms with Gasteiger partial charge in [0.1, 0.15) is 12.1 Å². The number of carbonyl (C=O) groups excluding carboxylic acids is 4. The molecule has 2 atom stereocenters. The number of amides is 4. The lowest BCUT2D eigenvalue weighted by Crippen LogP contribution is -2.63. The summed E-state index contributed by atoms with van der Waals surface area (Å²) in [5.74, 6) is -1.31. The van der Waals surface area contributed by atoms with Crippen LogP contribution in [0.15, 0.2) is 54.6 Å². The van der Waals surface area contributed by atoms with Crippen LogP contribution < -0.4 is 10.6 Å². The van der Waals surface area contributed by atoms with Crippen molar-refractivity contribution < 1.29 is 19.2 Å². The van der Waals surface area contributed by atoms with Gasteiger partial charge in [0.2, 0.25) is 11.8 Å². The molecule has 2 aromatic rings. The first kappa shape index (κ1) is 23.0. The fourth-order valence-electron chi connectivity index (χ4n) is 4.23. The average Bonchev–Trinajstić information content (AvgIpc) is 2.89. The average molecular weight is 460 g/mol. The zero-order valence-corrected chi connectivity index (χ0v) is 18.6. The zero-order valence-electron chi connectivity index (χ0n) is 18.6. The summed E-state index contributed by atoms with van der Waals surface area (Å²) in [5.41, 5.74) is 1.29. The molecule has 2 N–H and O–H groups in total. The van der Waals surface area contributed by atoms with E-state index >= 15 is 0 Å². The largest absolute Gasteiger partial charge is 0.354 e. The first-order valence-corrected chi connectivity index (χ1v) is 11.2. The third-order valence-electron chi connectivity index (χ3n) is 6.11. The van der Waals surface area contributed by atoms with Gasteiger partial charge in [0.25, 0.3) is 11.8 Å². The van der Waals surface area contributed by atoms with Crippen molar-refractivity contribution in [2.75, 3.05) is 26.2 Å². The third-order valence-corrected chi connectivity index (χ3v) is 6.11. The van der Waals surface area contributed by atoms with Gasteiger partial charge in [-0.15, -0.1) is 0 Å². The van der Waals surface area contributed by atoms with Crippen LogP contribution in [0.25, 0.3) is 0 Å². The van der Waals surface area contributed by atoms with Crippen LogP contribution >= 0.6 is 0 Å². The Bertz CT molecular complexity index is 1130. The second-order valence-corrected chi connectivity index (χ2v) is 8.32. The maximum absolute atomic E-state index is 13.3. The van der Waals surface area contributed by atoms with Gasteiger partial charge in [-0.3, -0.25) is 19.2 Å². The van der Waals surface area contributed by atoms with Gasteiger partial charge in [-0.1, -0.05) is 18.2 Å². The maximum Gasteiger partial charge on any atom is 0.254 e. The summed E-state index contributed by atoms with van der Waals surface area (Å²) >= 11 is 0. The summed E-state index contributed by atoms with van der Waals surface area (Å²) in [6, 6.07) is 15.3. The molecule has 2 heterocycles. The minimum Gasteiger partial charge on any atom is -0.354 e. The summed E-state index contributed by atoms with van der Waals surface area (Å²) < 4.78 is 0. The van der Waals surface area contributed by atoms with Gasteiger partial charge in [0.05, 0.1) is 18.2 Å². The quantitative estimate of drug-likeness (QED) is 0.704. The van der Waals surface area contributed by atoms with Crippen LogP contribution in [0.4, 0.5) is 0 Å². The molecule has 2 fully saturated rings. The molecule has 0 spiro atoms.